The van der Waals surface area contributed by atoms with Crippen molar-refractivity contribution in [2.24, 2.45) is 5.41 Å². The third kappa shape index (κ3) is 5.19. The molecular weight excluding hydrogens is 312 g/mol. The summed E-state index contributed by atoms with van der Waals surface area (Å²) in [4.78, 5) is 2.45. The van der Waals surface area contributed by atoms with Crippen LogP contribution in [0.3, 0.4) is 0 Å². The molecule has 0 aliphatic carbocycles. The Morgan fingerprint density at radius 1 is 1.15 bits per heavy atom. The fourth-order valence-electron chi connectivity index (χ4n) is 2.72. The van der Waals surface area contributed by atoms with Gasteiger partial charge < -0.3 is 10.2 Å². The van der Waals surface area contributed by atoms with Crippen LogP contribution >= 0.6 is 15.9 Å². The second-order valence-electron chi connectivity index (χ2n) is 5.75. The Balaban J connectivity index is 2.66. The second kappa shape index (κ2) is 8.81. The number of benzene rings is 1. The number of halogens is 1. The molecule has 20 heavy (non-hydrogen) atoms. The predicted molar refractivity (Wildman–Crippen MR) is 92.0 cm³/mol. The van der Waals surface area contributed by atoms with Crippen LogP contribution in [0.1, 0.15) is 39.2 Å². The van der Waals surface area contributed by atoms with Gasteiger partial charge in [0.25, 0.3) is 0 Å². The Morgan fingerprint density at radius 2 is 1.80 bits per heavy atom. The Morgan fingerprint density at radius 3 is 2.35 bits per heavy atom. The van der Waals surface area contributed by atoms with Gasteiger partial charge >= 0.3 is 0 Å². The van der Waals surface area contributed by atoms with Crippen LogP contribution in [-0.2, 0) is 6.54 Å². The van der Waals surface area contributed by atoms with Crippen molar-refractivity contribution in [2.75, 3.05) is 26.7 Å². The van der Waals surface area contributed by atoms with Crippen molar-refractivity contribution in [1.29, 1.82) is 0 Å². The van der Waals surface area contributed by atoms with Crippen molar-refractivity contribution in [3.8, 4) is 0 Å². The fourth-order valence-corrected chi connectivity index (χ4v) is 3.13. The van der Waals surface area contributed by atoms with Gasteiger partial charge in [-0.15, -0.1) is 0 Å². The molecule has 0 aliphatic rings. The van der Waals surface area contributed by atoms with Crippen LogP contribution in [0.15, 0.2) is 28.7 Å². The first-order valence-electron chi connectivity index (χ1n) is 7.69. The molecular formula is C17H29BrN2. The van der Waals surface area contributed by atoms with Crippen LogP contribution in [0.5, 0.6) is 0 Å². The van der Waals surface area contributed by atoms with Crippen molar-refractivity contribution in [3.63, 3.8) is 0 Å². The molecule has 1 aromatic carbocycles. The minimum Gasteiger partial charge on any atom is -0.316 e. The van der Waals surface area contributed by atoms with E-state index >= 15 is 0 Å². The van der Waals surface area contributed by atoms with E-state index in [1.165, 1.54) is 22.9 Å². The van der Waals surface area contributed by atoms with Gasteiger partial charge in [-0.3, -0.25) is 0 Å². The molecule has 0 aliphatic heterocycles. The monoisotopic (exact) mass is 340 g/mol. The van der Waals surface area contributed by atoms with Gasteiger partial charge in [-0.05, 0) is 43.5 Å². The number of nitrogens with zero attached hydrogens (tertiary/aromatic N) is 1. The Bertz CT molecular complexity index is 388. The van der Waals surface area contributed by atoms with Gasteiger partial charge in [0.15, 0.2) is 0 Å². The maximum atomic E-state index is 3.64. The maximum Gasteiger partial charge on any atom is 0.0242 e. The van der Waals surface area contributed by atoms with Crippen LogP contribution in [0.25, 0.3) is 0 Å². The molecule has 0 fully saturated rings. The van der Waals surface area contributed by atoms with E-state index in [-0.39, 0.29) is 0 Å². The zero-order valence-corrected chi connectivity index (χ0v) is 15.0. The topological polar surface area (TPSA) is 15.3 Å². The van der Waals surface area contributed by atoms with Gasteiger partial charge in [-0.1, -0.05) is 54.9 Å². The first kappa shape index (κ1) is 17.7. The summed E-state index contributed by atoms with van der Waals surface area (Å²) in [6.45, 7) is 11.1. The Hall–Kier alpha value is -0.380. The summed E-state index contributed by atoms with van der Waals surface area (Å²) < 4.78 is 1.21. The fraction of sp³-hybridized carbons (Fsp3) is 0.647. The molecule has 0 atom stereocenters. The Kier molecular flexibility index (Phi) is 7.78. The summed E-state index contributed by atoms with van der Waals surface area (Å²) in [5.41, 5.74) is 1.74. The Labute approximate surface area is 133 Å². The van der Waals surface area contributed by atoms with E-state index in [1.54, 1.807) is 0 Å². The normalized spacial score (nSPS) is 12.1. The molecule has 0 amide bonds. The first-order valence-corrected chi connectivity index (χ1v) is 8.49. The van der Waals surface area contributed by atoms with E-state index in [2.05, 4.69) is 78.2 Å². The summed E-state index contributed by atoms with van der Waals surface area (Å²) in [6, 6.07) is 8.50. The second-order valence-corrected chi connectivity index (χ2v) is 6.61. The molecule has 1 aromatic rings. The molecule has 1 N–H and O–H groups in total. The zero-order chi connectivity index (χ0) is 15.0. The van der Waals surface area contributed by atoms with E-state index in [0.29, 0.717) is 5.41 Å². The van der Waals surface area contributed by atoms with Gasteiger partial charge in [0.2, 0.25) is 0 Å². The molecule has 0 saturated heterocycles. The van der Waals surface area contributed by atoms with Crippen LogP contribution in [0.2, 0.25) is 0 Å². The average molecular weight is 341 g/mol. The lowest BCUT2D eigenvalue weighted by Gasteiger charge is -2.36. The summed E-state index contributed by atoms with van der Waals surface area (Å²) >= 11 is 3.64. The van der Waals surface area contributed by atoms with Crippen molar-refractivity contribution in [2.45, 2.75) is 40.2 Å². The summed E-state index contributed by atoms with van der Waals surface area (Å²) in [5, 5.41) is 3.54. The van der Waals surface area contributed by atoms with E-state index in [0.717, 1.165) is 26.2 Å². The van der Waals surface area contributed by atoms with Crippen LogP contribution in [-0.4, -0.2) is 31.6 Å². The lowest BCUT2D eigenvalue weighted by Crippen LogP contribution is -2.42. The molecule has 0 aromatic heterocycles. The molecule has 114 valence electrons. The minimum atomic E-state index is 0.381. The molecule has 0 bridgehead atoms. The predicted octanol–water partition coefficient (Wildman–Crippen LogP) is 4.30. The SMILES string of the molecule is CCNCC(CC)(CC)CN(C)Cc1ccccc1Br. The van der Waals surface area contributed by atoms with Crippen LogP contribution < -0.4 is 5.32 Å². The highest BCUT2D eigenvalue weighted by atomic mass is 79.9. The molecule has 0 radical (unpaired) electrons. The van der Waals surface area contributed by atoms with Crippen LogP contribution in [0.4, 0.5) is 0 Å². The number of rotatable bonds is 9. The standard InChI is InChI=1S/C17H29BrN2/c1-5-17(6-2,13-19-7-3)14-20(4)12-15-10-8-9-11-16(15)18/h8-11,19H,5-7,12-14H2,1-4H3. The van der Waals surface area contributed by atoms with E-state index < -0.39 is 0 Å². The quantitative estimate of drug-likeness (QED) is 0.721. The highest BCUT2D eigenvalue weighted by Crippen LogP contribution is 2.27. The number of hydrogen-bond donors (Lipinski definition) is 1. The van der Waals surface area contributed by atoms with E-state index in [4.69, 9.17) is 0 Å². The van der Waals surface area contributed by atoms with E-state index in [9.17, 15) is 0 Å². The summed E-state index contributed by atoms with van der Waals surface area (Å²) in [6.07, 6.45) is 2.44. The third-order valence-electron chi connectivity index (χ3n) is 4.25. The minimum absolute atomic E-state index is 0.381. The van der Waals surface area contributed by atoms with Crippen molar-refractivity contribution >= 4 is 15.9 Å². The van der Waals surface area contributed by atoms with Crippen molar-refractivity contribution < 1.29 is 0 Å². The third-order valence-corrected chi connectivity index (χ3v) is 5.03. The largest absolute Gasteiger partial charge is 0.316 e. The van der Waals surface area contributed by atoms with Crippen molar-refractivity contribution in [1.82, 2.24) is 10.2 Å². The molecule has 0 saturated carbocycles. The molecule has 0 spiro atoms. The van der Waals surface area contributed by atoms with Gasteiger partial charge in [0, 0.05) is 24.1 Å². The molecule has 1 rings (SSSR count). The number of hydrogen-bond acceptors (Lipinski definition) is 2. The summed E-state index contributed by atoms with van der Waals surface area (Å²) in [7, 11) is 2.23. The molecule has 3 heteroatoms. The lowest BCUT2D eigenvalue weighted by atomic mass is 9.81. The van der Waals surface area contributed by atoms with Gasteiger partial charge in [0.05, 0.1) is 0 Å². The van der Waals surface area contributed by atoms with Gasteiger partial charge in [0.1, 0.15) is 0 Å². The zero-order valence-electron chi connectivity index (χ0n) is 13.4. The van der Waals surface area contributed by atoms with Gasteiger partial charge in [-0.25, -0.2) is 0 Å². The highest BCUT2D eigenvalue weighted by molar-refractivity contribution is 9.10. The van der Waals surface area contributed by atoms with Crippen LogP contribution in [0, 0.1) is 5.41 Å². The molecule has 0 unspecified atom stereocenters. The maximum absolute atomic E-state index is 3.64. The average Bonchev–Trinajstić information content (AvgIpc) is 2.46. The first-order chi connectivity index (χ1) is 9.56. The lowest BCUT2D eigenvalue weighted by molar-refractivity contribution is 0.151. The molecule has 2 nitrogen and oxygen atoms in total. The van der Waals surface area contributed by atoms with Gasteiger partial charge in [-0.2, -0.15) is 0 Å². The van der Waals surface area contributed by atoms with Crippen molar-refractivity contribution in [3.05, 3.63) is 34.3 Å². The van der Waals surface area contributed by atoms with E-state index in [1.807, 2.05) is 0 Å². The highest BCUT2D eigenvalue weighted by Gasteiger charge is 2.27. The summed E-state index contributed by atoms with van der Waals surface area (Å²) in [5.74, 6) is 0. The molecule has 0 heterocycles. The number of nitrogens with one attached hydrogen (secondary N) is 1. The smallest absolute Gasteiger partial charge is 0.0242 e.